The van der Waals surface area contributed by atoms with Crippen LogP contribution in [0.4, 0.5) is 0 Å². The van der Waals surface area contributed by atoms with Gasteiger partial charge in [-0.3, -0.25) is 0 Å². The quantitative estimate of drug-likeness (QED) is 0.422. The van der Waals surface area contributed by atoms with E-state index in [4.69, 9.17) is 18.9 Å². The van der Waals surface area contributed by atoms with Gasteiger partial charge in [0.1, 0.15) is 17.9 Å². The van der Waals surface area contributed by atoms with Gasteiger partial charge in [0.05, 0.1) is 33.2 Å². The van der Waals surface area contributed by atoms with Gasteiger partial charge in [-0.25, -0.2) is 9.59 Å². The Kier molecular flexibility index (Phi) is 7.00. The Morgan fingerprint density at radius 2 is 1.74 bits per heavy atom. The lowest BCUT2D eigenvalue weighted by molar-refractivity contribution is -0.133. The Morgan fingerprint density at radius 3 is 2.41 bits per heavy atom. The van der Waals surface area contributed by atoms with Gasteiger partial charge in [-0.05, 0) is 35.7 Å². The highest BCUT2D eigenvalue weighted by Gasteiger charge is 2.17. The molecule has 2 aromatic carbocycles. The zero-order valence-electron chi connectivity index (χ0n) is 15.8. The van der Waals surface area contributed by atoms with E-state index in [2.05, 4.69) is 0 Å². The molecular weight excluding hydrogens is 348 g/mol. The van der Waals surface area contributed by atoms with Gasteiger partial charge in [-0.1, -0.05) is 30.3 Å². The fourth-order valence-corrected chi connectivity index (χ4v) is 2.51. The van der Waals surface area contributed by atoms with Gasteiger partial charge in [0.2, 0.25) is 0 Å². The number of carbonyl (C=O) groups excluding carboxylic acids is 2. The van der Waals surface area contributed by atoms with Crippen molar-refractivity contribution < 1.29 is 28.5 Å². The van der Waals surface area contributed by atoms with Crippen LogP contribution in [0, 0.1) is 6.92 Å². The number of benzene rings is 2. The first-order valence-corrected chi connectivity index (χ1v) is 8.23. The molecule has 142 valence electrons. The summed E-state index contributed by atoms with van der Waals surface area (Å²) in [5.41, 5.74) is 2.99. The van der Waals surface area contributed by atoms with Crippen LogP contribution in [-0.2, 0) is 25.6 Å². The SMILES string of the molecule is COC=C(C(=O)OC)c1ccccc1COc1cc(C(=O)OC)ccc1C. The highest BCUT2D eigenvalue weighted by Crippen LogP contribution is 2.25. The summed E-state index contributed by atoms with van der Waals surface area (Å²) in [6.45, 7) is 2.08. The second-order valence-corrected chi connectivity index (χ2v) is 5.68. The topological polar surface area (TPSA) is 71.1 Å². The molecular formula is C21H22O6. The number of hydrogen-bond donors (Lipinski definition) is 0. The molecule has 0 N–H and O–H groups in total. The molecule has 0 aliphatic heterocycles. The number of carbonyl (C=O) groups is 2. The first-order chi connectivity index (χ1) is 13.0. The van der Waals surface area contributed by atoms with Crippen molar-refractivity contribution in [3.8, 4) is 5.75 Å². The Morgan fingerprint density at radius 1 is 1.00 bits per heavy atom. The van der Waals surface area contributed by atoms with Gasteiger partial charge < -0.3 is 18.9 Å². The zero-order chi connectivity index (χ0) is 19.8. The van der Waals surface area contributed by atoms with Gasteiger partial charge in [0.15, 0.2) is 0 Å². The molecule has 0 heterocycles. The first kappa shape index (κ1) is 20.0. The minimum absolute atomic E-state index is 0.194. The van der Waals surface area contributed by atoms with E-state index >= 15 is 0 Å². The van der Waals surface area contributed by atoms with E-state index in [-0.39, 0.29) is 6.61 Å². The Labute approximate surface area is 158 Å². The van der Waals surface area contributed by atoms with Crippen molar-refractivity contribution in [3.05, 3.63) is 71.0 Å². The van der Waals surface area contributed by atoms with E-state index in [0.29, 0.717) is 22.4 Å². The Balaban J connectivity index is 2.31. The van der Waals surface area contributed by atoms with Crippen LogP contribution >= 0.6 is 0 Å². The van der Waals surface area contributed by atoms with E-state index in [0.717, 1.165) is 11.1 Å². The fourth-order valence-electron chi connectivity index (χ4n) is 2.51. The molecule has 27 heavy (non-hydrogen) atoms. The van der Waals surface area contributed by atoms with Crippen molar-refractivity contribution in [2.24, 2.45) is 0 Å². The summed E-state index contributed by atoms with van der Waals surface area (Å²) in [4.78, 5) is 23.8. The summed E-state index contributed by atoms with van der Waals surface area (Å²) < 4.78 is 20.5. The third-order valence-corrected chi connectivity index (χ3v) is 3.94. The third kappa shape index (κ3) is 4.88. The van der Waals surface area contributed by atoms with Crippen LogP contribution < -0.4 is 4.74 Å². The number of rotatable bonds is 7. The molecule has 0 aliphatic carbocycles. The third-order valence-electron chi connectivity index (χ3n) is 3.94. The average molecular weight is 370 g/mol. The van der Waals surface area contributed by atoms with Crippen LogP contribution in [0.5, 0.6) is 5.75 Å². The summed E-state index contributed by atoms with van der Waals surface area (Å²) in [6, 6.07) is 12.4. The summed E-state index contributed by atoms with van der Waals surface area (Å²) >= 11 is 0. The molecule has 6 heteroatoms. The lowest BCUT2D eigenvalue weighted by atomic mass is 10.0. The molecule has 0 unspecified atom stereocenters. The maximum atomic E-state index is 12.1. The van der Waals surface area contributed by atoms with Crippen LogP contribution in [-0.4, -0.2) is 33.3 Å². The molecule has 2 rings (SSSR count). The monoisotopic (exact) mass is 370 g/mol. The second-order valence-electron chi connectivity index (χ2n) is 5.68. The summed E-state index contributed by atoms with van der Waals surface area (Å²) in [6.07, 6.45) is 1.34. The van der Waals surface area contributed by atoms with Crippen molar-refractivity contribution in [1.29, 1.82) is 0 Å². The normalized spacial score (nSPS) is 10.9. The molecule has 0 fully saturated rings. The van der Waals surface area contributed by atoms with Gasteiger partial charge in [-0.15, -0.1) is 0 Å². The van der Waals surface area contributed by atoms with E-state index in [9.17, 15) is 9.59 Å². The predicted octanol–water partition coefficient (Wildman–Crippen LogP) is 3.52. The Hall–Kier alpha value is -3.28. The van der Waals surface area contributed by atoms with Crippen molar-refractivity contribution in [2.75, 3.05) is 21.3 Å². The van der Waals surface area contributed by atoms with E-state index in [1.165, 1.54) is 27.6 Å². The van der Waals surface area contributed by atoms with Crippen LogP contribution in [0.1, 0.15) is 27.0 Å². The van der Waals surface area contributed by atoms with Crippen LogP contribution in [0.2, 0.25) is 0 Å². The highest BCUT2D eigenvalue weighted by atomic mass is 16.5. The molecule has 0 spiro atoms. The van der Waals surface area contributed by atoms with Crippen molar-refractivity contribution >= 4 is 17.5 Å². The molecule has 0 aliphatic rings. The minimum Gasteiger partial charge on any atom is -0.503 e. The van der Waals surface area contributed by atoms with E-state index < -0.39 is 11.9 Å². The summed E-state index contributed by atoms with van der Waals surface area (Å²) in [7, 11) is 4.10. The number of aryl methyl sites for hydroxylation is 1. The number of ether oxygens (including phenoxy) is 4. The summed E-state index contributed by atoms with van der Waals surface area (Å²) in [5.74, 6) is -0.382. The second kappa shape index (κ2) is 9.43. The lowest BCUT2D eigenvalue weighted by Crippen LogP contribution is -2.09. The highest BCUT2D eigenvalue weighted by molar-refractivity contribution is 6.16. The number of hydrogen-bond acceptors (Lipinski definition) is 6. The summed E-state index contributed by atoms with van der Waals surface area (Å²) in [5, 5.41) is 0. The number of methoxy groups -OCH3 is 3. The minimum atomic E-state index is -0.506. The van der Waals surface area contributed by atoms with Crippen LogP contribution in [0.25, 0.3) is 5.57 Å². The lowest BCUT2D eigenvalue weighted by Gasteiger charge is -2.14. The zero-order valence-corrected chi connectivity index (χ0v) is 15.8. The maximum Gasteiger partial charge on any atom is 0.341 e. The molecule has 0 bridgehead atoms. The average Bonchev–Trinajstić information content (AvgIpc) is 2.70. The molecule has 0 saturated carbocycles. The molecule has 6 nitrogen and oxygen atoms in total. The van der Waals surface area contributed by atoms with E-state index in [1.807, 2.05) is 25.1 Å². The van der Waals surface area contributed by atoms with Gasteiger partial charge in [-0.2, -0.15) is 0 Å². The Bertz CT molecular complexity index is 854. The van der Waals surface area contributed by atoms with Crippen LogP contribution in [0.15, 0.2) is 48.7 Å². The molecule has 0 radical (unpaired) electrons. The van der Waals surface area contributed by atoms with Crippen LogP contribution in [0.3, 0.4) is 0 Å². The molecule has 0 saturated heterocycles. The smallest absolute Gasteiger partial charge is 0.341 e. The van der Waals surface area contributed by atoms with Gasteiger partial charge in [0, 0.05) is 0 Å². The van der Waals surface area contributed by atoms with Gasteiger partial charge >= 0.3 is 11.9 Å². The number of esters is 2. The van der Waals surface area contributed by atoms with Crippen molar-refractivity contribution in [3.63, 3.8) is 0 Å². The molecule has 0 aromatic heterocycles. The van der Waals surface area contributed by atoms with E-state index in [1.54, 1.807) is 24.3 Å². The molecule has 0 amide bonds. The molecule has 0 atom stereocenters. The van der Waals surface area contributed by atoms with Crippen molar-refractivity contribution in [2.45, 2.75) is 13.5 Å². The fraction of sp³-hybridized carbons (Fsp3) is 0.238. The first-order valence-electron chi connectivity index (χ1n) is 8.23. The van der Waals surface area contributed by atoms with Gasteiger partial charge in [0.25, 0.3) is 0 Å². The molecule has 2 aromatic rings. The standard InChI is InChI=1S/C21H22O6/c1-14-9-10-15(20(22)25-3)11-19(14)27-12-16-7-5-6-8-17(16)18(13-24-2)21(23)26-4/h5-11,13H,12H2,1-4H3. The predicted molar refractivity (Wildman–Crippen MR) is 100 cm³/mol. The van der Waals surface area contributed by atoms with Crippen molar-refractivity contribution in [1.82, 2.24) is 0 Å². The maximum absolute atomic E-state index is 12.1. The largest absolute Gasteiger partial charge is 0.503 e.